The van der Waals surface area contributed by atoms with Crippen molar-refractivity contribution in [1.82, 2.24) is 9.71 Å². The van der Waals surface area contributed by atoms with E-state index in [1.807, 2.05) is 0 Å². The highest BCUT2D eigenvalue weighted by atomic mass is 35.5. The minimum atomic E-state index is -3.88. The number of rotatable bonds is 6. The summed E-state index contributed by atoms with van der Waals surface area (Å²) in [5.74, 6) is -2.28. The molecule has 1 amide bonds. The molecule has 0 aliphatic carbocycles. The third kappa shape index (κ3) is 5.32. The molecule has 0 fully saturated rings. The molecule has 0 bridgehead atoms. The molecular weight excluding hydrogens is 466 g/mol. The number of sulfonamides is 1. The molecule has 7 nitrogen and oxygen atoms in total. The molecule has 11 heteroatoms. The number of carbonyl (C=O) groups excluding carboxylic acids is 1. The number of halogens is 3. The van der Waals surface area contributed by atoms with Gasteiger partial charge in [-0.2, -0.15) is 0 Å². The van der Waals surface area contributed by atoms with Gasteiger partial charge in [0.1, 0.15) is 28.2 Å². The summed E-state index contributed by atoms with van der Waals surface area (Å²) in [6.07, 6.45) is 2.11. The number of carbonyl (C=O) groups is 1. The third-order valence-electron chi connectivity index (χ3n) is 4.29. The lowest BCUT2D eigenvalue weighted by Gasteiger charge is -2.14. The molecule has 32 heavy (non-hydrogen) atoms. The molecule has 0 spiro atoms. The number of amides is 1. The quantitative estimate of drug-likeness (QED) is 0.556. The number of benzene rings is 2. The van der Waals surface area contributed by atoms with E-state index in [1.165, 1.54) is 31.5 Å². The van der Waals surface area contributed by atoms with Crippen molar-refractivity contribution in [3.05, 3.63) is 70.4 Å². The zero-order valence-electron chi connectivity index (χ0n) is 17.1. The van der Waals surface area contributed by atoms with Gasteiger partial charge in [0, 0.05) is 23.4 Å². The van der Waals surface area contributed by atoms with Crippen molar-refractivity contribution in [3.8, 4) is 28.5 Å². The van der Waals surface area contributed by atoms with E-state index in [1.54, 1.807) is 17.7 Å². The molecule has 1 N–H and O–H groups in total. The van der Waals surface area contributed by atoms with E-state index in [9.17, 15) is 22.0 Å². The normalized spacial score (nSPS) is 11.2. The molecule has 0 unspecified atom stereocenters. The summed E-state index contributed by atoms with van der Waals surface area (Å²) in [4.78, 5) is 16.2. The number of hydrogen-bond donors (Lipinski definition) is 1. The van der Waals surface area contributed by atoms with Gasteiger partial charge < -0.3 is 9.47 Å². The molecule has 3 aromatic rings. The van der Waals surface area contributed by atoms with Crippen molar-refractivity contribution >= 4 is 27.5 Å². The van der Waals surface area contributed by atoms with Gasteiger partial charge in [-0.3, -0.25) is 4.79 Å². The monoisotopic (exact) mass is 482 g/mol. The van der Waals surface area contributed by atoms with Gasteiger partial charge in [-0.05, 0) is 36.8 Å². The molecular formula is C21H17ClF2N2O5S. The zero-order valence-corrected chi connectivity index (χ0v) is 18.6. The van der Waals surface area contributed by atoms with E-state index >= 15 is 0 Å². The molecule has 2 aromatic carbocycles. The average molecular weight is 483 g/mol. The fourth-order valence-electron chi connectivity index (χ4n) is 2.78. The Morgan fingerprint density at radius 3 is 2.47 bits per heavy atom. The summed E-state index contributed by atoms with van der Waals surface area (Å²) in [7, 11) is -2.58. The van der Waals surface area contributed by atoms with E-state index in [2.05, 4.69) is 4.98 Å². The molecule has 0 atom stereocenters. The maximum absolute atomic E-state index is 14.6. The predicted molar refractivity (Wildman–Crippen MR) is 115 cm³/mol. The minimum absolute atomic E-state index is 0.00713. The van der Waals surface area contributed by atoms with Gasteiger partial charge in [-0.15, -0.1) is 0 Å². The molecule has 0 radical (unpaired) electrons. The van der Waals surface area contributed by atoms with Gasteiger partial charge in [-0.25, -0.2) is 26.9 Å². The highest BCUT2D eigenvalue weighted by Crippen LogP contribution is 2.37. The van der Waals surface area contributed by atoms with Crippen LogP contribution in [0.2, 0.25) is 5.02 Å². The van der Waals surface area contributed by atoms with E-state index < -0.39 is 33.1 Å². The Morgan fingerprint density at radius 1 is 1.12 bits per heavy atom. The summed E-state index contributed by atoms with van der Waals surface area (Å²) in [5.41, 5.74) is 0.699. The van der Waals surface area contributed by atoms with E-state index in [0.717, 1.165) is 18.4 Å². The molecule has 3 rings (SSSR count). The van der Waals surface area contributed by atoms with Crippen molar-refractivity contribution < 1.29 is 31.5 Å². The van der Waals surface area contributed by atoms with Gasteiger partial charge in [0.15, 0.2) is 0 Å². The first-order valence-electron chi connectivity index (χ1n) is 8.98. The van der Waals surface area contributed by atoms with E-state index in [0.29, 0.717) is 11.1 Å². The van der Waals surface area contributed by atoms with Crippen LogP contribution >= 0.6 is 11.6 Å². The van der Waals surface area contributed by atoms with Crippen molar-refractivity contribution in [3.63, 3.8) is 0 Å². The lowest BCUT2D eigenvalue weighted by atomic mass is 10.0. The van der Waals surface area contributed by atoms with Gasteiger partial charge >= 0.3 is 0 Å². The molecule has 1 heterocycles. The van der Waals surface area contributed by atoms with Crippen LogP contribution in [0.25, 0.3) is 11.1 Å². The van der Waals surface area contributed by atoms with Gasteiger partial charge in [0.25, 0.3) is 5.91 Å². The highest BCUT2D eigenvalue weighted by molar-refractivity contribution is 7.89. The van der Waals surface area contributed by atoms with Crippen molar-refractivity contribution in [2.45, 2.75) is 6.92 Å². The summed E-state index contributed by atoms with van der Waals surface area (Å²) < 4.78 is 63.1. The molecule has 0 aliphatic heterocycles. The molecule has 0 saturated carbocycles. The number of nitrogens with one attached hydrogen (secondary N) is 1. The maximum atomic E-state index is 14.6. The number of hydrogen-bond acceptors (Lipinski definition) is 6. The van der Waals surface area contributed by atoms with Crippen LogP contribution in [0.3, 0.4) is 0 Å². The Kier molecular flexibility index (Phi) is 6.65. The number of nitrogens with zero attached hydrogens (tertiary/aromatic N) is 1. The Hall–Kier alpha value is -3.24. The Morgan fingerprint density at radius 2 is 1.84 bits per heavy atom. The second kappa shape index (κ2) is 9.09. The van der Waals surface area contributed by atoms with E-state index in [-0.39, 0.29) is 28.0 Å². The number of aryl methyl sites for hydroxylation is 1. The van der Waals surface area contributed by atoms with Crippen molar-refractivity contribution in [2.24, 2.45) is 0 Å². The van der Waals surface area contributed by atoms with Crippen LogP contribution in [0.15, 0.2) is 42.6 Å². The van der Waals surface area contributed by atoms with Crippen LogP contribution in [0.5, 0.6) is 17.4 Å². The standard InChI is InChI=1S/C21H17ClF2N2O5S/c1-11-4-5-13(23)7-18(11)31-21-16(22)6-12(10-25-21)14-8-17(24)15(9-19(14)30-2)20(27)26-32(3,28)29/h4-10H,1-3H3,(H,26,27). The van der Waals surface area contributed by atoms with Crippen LogP contribution in [0.1, 0.15) is 15.9 Å². The smallest absolute Gasteiger partial charge is 0.267 e. The first-order valence-corrected chi connectivity index (χ1v) is 11.2. The van der Waals surface area contributed by atoms with Crippen LogP contribution < -0.4 is 14.2 Å². The topological polar surface area (TPSA) is 94.6 Å². The summed E-state index contributed by atoms with van der Waals surface area (Å²) in [5, 5.41) is 0.0625. The van der Waals surface area contributed by atoms with Gasteiger partial charge in [0.05, 0.1) is 18.9 Å². The highest BCUT2D eigenvalue weighted by Gasteiger charge is 2.21. The molecule has 1 aromatic heterocycles. The Bertz CT molecular complexity index is 1320. The number of pyridine rings is 1. The predicted octanol–water partition coefficient (Wildman–Crippen LogP) is 4.48. The second-order valence-corrected chi connectivity index (χ2v) is 8.91. The minimum Gasteiger partial charge on any atom is -0.496 e. The zero-order chi connectivity index (χ0) is 23.6. The van der Waals surface area contributed by atoms with Crippen molar-refractivity contribution in [2.75, 3.05) is 13.4 Å². The summed E-state index contributed by atoms with van der Waals surface area (Å²) in [6, 6.07) is 7.54. The van der Waals surface area contributed by atoms with Crippen LogP contribution in [0.4, 0.5) is 8.78 Å². The maximum Gasteiger partial charge on any atom is 0.267 e. The fraction of sp³-hybridized carbons (Fsp3) is 0.143. The van der Waals surface area contributed by atoms with Gasteiger partial charge in [0.2, 0.25) is 15.9 Å². The average Bonchev–Trinajstić information content (AvgIpc) is 2.70. The van der Waals surface area contributed by atoms with E-state index in [4.69, 9.17) is 21.1 Å². The Labute approximate surface area is 188 Å². The molecule has 168 valence electrons. The van der Waals surface area contributed by atoms with Crippen molar-refractivity contribution in [1.29, 1.82) is 0 Å². The molecule has 0 aliphatic rings. The lowest BCUT2D eigenvalue weighted by Crippen LogP contribution is -2.30. The number of methoxy groups -OCH3 is 1. The van der Waals surface area contributed by atoms with Gasteiger partial charge in [-0.1, -0.05) is 17.7 Å². The summed E-state index contributed by atoms with van der Waals surface area (Å²) >= 11 is 6.26. The summed E-state index contributed by atoms with van der Waals surface area (Å²) in [6.45, 7) is 1.73. The first-order chi connectivity index (χ1) is 15.0. The largest absolute Gasteiger partial charge is 0.496 e. The fourth-order valence-corrected chi connectivity index (χ4v) is 3.43. The van der Waals surface area contributed by atoms with Crippen LogP contribution in [0, 0.1) is 18.6 Å². The SMILES string of the molecule is COc1cc(C(=O)NS(C)(=O)=O)c(F)cc1-c1cnc(Oc2cc(F)ccc2C)c(Cl)c1. The molecule has 0 saturated heterocycles. The van der Waals surface area contributed by atoms with Crippen LogP contribution in [-0.2, 0) is 10.0 Å². The third-order valence-corrected chi connectivity index (χ3v) is 5.11. The number of ether oxygens (including phenoxy) is 2. The Balaban J connectivity index is 1.97. The first kappa shape index (κ1) is 23.4. The number of aromatic nitrogens is 1. The van der Waals surface area contributed by atoms with Crippen LogP contribution in [-0.4, -0.2) is 32.7 Å². The lowest BCUT2D eigenvalue weighted by molar-refractivity contribution is 0.0977. The second-order valence-electron chi connectivity index (χ2n) is 6.76.